The Hall–Kier alpha value is -0.940. The number of nitrogens with two attached hydrogens (primary N) is 1. The summed E-state index contributed by atoms with van der Waals surface area (Å²) in [6, 6.07) is 3.72. The monoisotopic (exact) mass is 238 g/mol. The highest BCUT2D eigenvalue weighted by molar-refractivity contribution is 7.99. The summed E-state index contributed by atoms with van der Waals surface area (Å²) < 4.78 is 0. The fourth-order valence-corrected chi connectivity index (χ4v) is 2.70. The number of aromatic nitrogens is 1. The van der Waals surface area contributed by atoms with Crippen molar-refractivity contribution in [1.82, 2.24) is 9.88 Å². The molecule has 2 rings (SSSR count). The van der Waals surface area contributed by atoms with E-state index in [2.05, 4.69) is 15.2 Å². The number of hydrogen-bond donors (Lipinski definition) is 2. The van der Waals surface area contributed by atoms with Gasteiger partial charge in [-0.2, -0.15) is 11.8 Å². The summed E-state index contributed by atoms with van der Waals surface area (Å²) in [6.45, 7) is 4.37. The number of nitrogens with zero attached hydrogens (tertiary/aromatic N) is 2. The largest absolute Gasteiger partial charge is 0.396 e. The lowest BCUT2D eigenvalue weighted by Crippen LogP contribution is -2.36. The van der Waals surface area contributed by atoms with Gasteiger partial charge in [-0.3, -0.25) is 4.90 Å². The Morgan fingerprint density at radius 2 is 2.25 bits per heavy atom. The molecular formula is C11H18N4S. The molecule has 5 heteroatoms. The summed E-state index contributed by atoms with van der Waals surface area (Å²) in [4.78, 5) is 6.68. The van der Waals surface area contributed by atoms with Crippen molar-refractivity contribution in [3.05, 3.63) is 18.3 Å². The molecule has 1 aliphatic rings. The SMILES string of the molecule is Nc1cccnc1NCCN1CCSCC1. The minimum absolute atomic E-state index is 0.719. The van der Waals surface area contributed by atoms with E-state index in [4.69, 9.17) is 5.73 Å². The average molecular weight is 238 g/mol. The van der Waals surface area contributed by atoms with Gasteiger partial charge < -0.3 is 11.1 Å². The smallest absolute Gasteiger partial charge is 0.149 e. The quantitative estimate of drug-likeness (QED) is 0.823. The molecule has 0 bridgehead atoms. The van der Waals surface area contributed by atoms with Crippen LogP contribution < -0.4 is 11.1 Å². The molecule has 0 saturated carbocycles. The third-order valence-corrected chi connectivity index (χ3v) is 3.61. The van der Waals surface area contributed by atoms with Gasteiger partial charge in [0, 0.05) is 43.9 Å². The van der Waals surface area contributed by atoms with Crippen molar-refractivity contribution in [3.8, 4) is 0 Å². The topological polar surface area (TPSA) is 54.2 Å². The molecule has 3 N–H and O–H groups in total. The van der Waals surface area contributed by atoms with Crippen molar-refractivity contribution in [1.29, 1.82) is 0 Å². The van der Waals surface area contributed by atoms with E-state index in [1.54, 1.807) is 6.20 Å². The molecule has 0 aliphatic carbocycles. The molecule has 0 atom stereocenters. The lowest BCUT2D eigenvalue weighted by molar-refractivity contribution is 0.314. The summed E-state index contributed by atoms with van der Waals surface area (Å²) in [5.41, 5.74) is 6.52. The van der Waals surface area contributed by atoms with Gasteiger partial charge in [-0.1, -0.05) is 0 Å². The van der Waals surface area contributed by atoms with Gasteiger partial charge in [0.05, 0.1) is 5.69 Å². The Balaban J connectivity index is 1.73. The van der Waals surface area contributed by atoms with E-state index in [0.29, 0.717) is 0 Å². The predicted molar refractivity (Wildman–Crippen MR) is 70.9 cm³/mol. The number of rotatable bonds is 4. The molecule has 0 radical (unpaired) electrons. The third kappa shape index (κ3) is 3.28. The van der Waals surface area contributed by atoms with Gasteiger partial charge in [0.1, 0.15) is 5.82 Å². The van der Waals surface area contributed by atoms with Crippen LogP contribution in [0.5, 0.6) is 0 Å². The van der Waals surface area contributed by atoms with Crippen LogP contribution in [0.15, 0.2) is 18.3 Å². The second-order valence-electron chi connectivity index (χ2n) is 3.82. The minimum Gasteiger partial charge on any atom is -0.396 e. The maximum atomic E-state index is 5.80. The lowest BCUT2D eigenvalue weighted by atomic mass is 10.4. The molecule has 0 amide bonds. The van der Waals surface area contributed by atoms with Crippen molar-refractivity contribution < 1.29 is 0 Å². The molecular weight excluding hydrogens is 220 g/mol. The number of nitrogens with one attached hydrogen (secondary N) is 1. The molecule has 1 aliphatic heterocycles. The van der Waals surface area contributed by atoms with Crippen molar-refractivity contribution in [2.45, 2.75) is 0 Å². The first-order valence-corrected chi connectivity index (χ1v) is 6.76. The molecule has 1 saturated heterocycles. The van der Waals surface area contributed by atoms with E-state index >= 15 is 0 Å². The predicted octanol–water partition coefficient (Wildman–Crippen LogP) is 1.12. The van der Waals surface area contributed by atoms with E-state index in [9.17, 15) is 0 Å². The van der Waals surface area contributed by atoms with Crippen LogP contribution >= 0.6 is 11.8 Å². The molecule has 1 fully saturated rings. The zero-order valence-corrected chi connectivity index (χ0v) is 10.2. The van der Waals surface area contributed by atoms with Crippen molar-refractivity contribution in [2.24, 2.45) is 0 Å². The zero-order chi connectivity index (χ0) is 11.2. The molecule has 88 valence electrons. The summed E-state index contributed by atoms with van der Waals surface area (Å²) >= 11 is 2.04. The fourth-order valence-electron chi connectivity index (χ4n) is 1.72. The normalized spacial score (nSPS) is 17.2. The molecule has 0 unspecified atom stereocenters. The Morgan fingerprint density at radius 1 is 1.44 bits per heavy atom. The number of hydrogen-bond acceptors (Lipinski definition) is 5. The van der Waals surface area contributed by atoms with E-state index in [1.165, 1.54) is 24.6 Å². The number of nitrogen functional groups attached to an aromatic ring is 1. The van der Waals surface area contributed by atoms with E-state index in [0.717, 1.165) is 24.6 Å². The van der Waals surface area contributed by atoms with Crippen LogP contribution in [-0.4, -0.2) is 47.6 Å². The van der Waals surface area contributed by atoms with Crippen LogP contribution in [0.1, 0.15) is 0 Å². The van der Waals surface area contributed by atoms with Crippen LogP contribution in [0.3, 0.4) is 0 Å². The third-order valence-electron chi connectivity index (χ3n) is 2.66. The molecule has 1 aromatic heterocycles. The highest BCUT2D eigenvalue weighted by Gasteiger charge is 2.09. The minimum atomic E-state index is 0.719. The van der Waals surface area contributed by atoms with Gasteiger partial charge in [-0.05, 0) is 12.1 Å². The van der Waals surface area contributed by atoms with Crippen molar-refractivity contribution >= 4 is 23.3 Å². The van der Waals surface area contributed by atoms with Gasteiger partial charge in [-0.25, -0.2) is 4.98 Å². The van der Waals surface area contributed by atoms with Gasteiger partial charge in [0.15, 0.2) is 0 Å². The molecule has 4 nitrogen and oxygen atoms in total. The summed E-state index contributed by atoms with van der Waals surface area (Å²) in [7, 11) is 0. The van der Waals surface area contributed by atoms with Crippen molar-refractivity contribution in [2.75, 3.05) is 48.7 Å². The maximum Gasteiger partial charge on any atom is 0.149 e. The standard InChI is InChI=1S/C11H18N4S/c12-10-2-1-3-13-11(10)14-4-5-15-6-8-16-9-7-15/h1-3H,4-9,12H2,(H,13,14). The molecule has 0 aromatic carbocycles. The molecule has 0 spiro atoms. The summed E-state index contributed by atoms with van der Waals surface area (Å²) in [6.07, 6.45) is 1.76. The average Bonchev–Trinajstić information content (AvgIpc) is 2.33. The van der Waals surface area contributed by atoms with Gasteiger partial charge >= 0.3 is 0 Å². The van der Waals surface area contributed by atoms with E-state index in [1.807, 2.05) is 23.9 Å². The van der Waals surface area contributed by atoms with Crippen LogP contribution in [0, 0.1) is 0 Å². The second-order valence-corrected chi connectivity index (χ2v) is 5.05. The summed E-state index contributed by atoms with van der Waals surface area (Å²) in [5.74, 6) is 3.31. The van der Waals surface area contributed by atoms with Gasteiger partial charge in [0.25, 0.3) is 0 Å². The van der Waals surface area contributed by atoms with Crippen LogP contribution in [0.2, 0.25) is 0 Å². The summed E-state index contributed by atoms with van der Waals surface area (Å²) in [5, 5.41) is 3.28. The van der Waals surface area contributed by atoms with Gasteiger partial charge in [0.2, 0.25) is 0 Å². The van der Waals surface area contributed by atoms with Crippen LogP contribution in [0.4, 0.5) is 11.5 Å². The Labute approximate surface area is 101 Å². The zero-order valence-electron chi connectivity index (χ0n) is 9.35. The highest BCUT2D eigenvalue weighted by Crippen LogP contribution is 2.13. The first kappa shape index (κ1) is 11.5. The number of anilines is 2. The van der Waals surface area contributed by atoms with E-state index < -0.39 is 0 Å². The maximum absolute atomic E-state index is 5.80. The molecule has 2 heterocycles. The second kappa shape index (κ2) is 5.96. The molecule has 1 aromatic rings. The Bertz CT molecular complexity index is 326. The fraction of sp³-hybridized carbons (Fsp3) is 0.545. The van der Waals surface area contributed by atoms with E-state index in [-0.39, 0.29) is 0 Å². The lowest BCUT2D eigenvalue weighted by Gasteiger charge is -2.26. The van der Waals surface area contributed by atoms with Crippen molar-refractivity contribution in [3.63, 3.8) is 0 Å². The van der Waals surface area contributed by atoms with Crippen LogP contribution in [0.25, 0.3) is 0 Å². The highest BCUT2D eigenvalue weighted by atomic mass is 32.2. The number of pyridine rings is 1. The first-order valence-electron chi connectivity index (χ1n) is 5.61. The van der Waals surface area contributed by atoms with Gasteiger partial charge in [-0.15, -0.1) is 0 Å². The Morgan fingerprint density at radius 3 is 3.00 bits per heavy atom. The first-order chi connectivity index (χ1) is 7.86. The Kier molecular flexibility index (Phi) is 4.30. The molecule has 16 heavy (non-hydrogen) atoms. The van der Waals surface area contributed by atoms with Crippen LogP contribution in [-0.2, 0) is 0 Å². The number of thioether (sulfide) groups is 1.